The van der Waals surface area contributed by atoms with E-state index in [4.69, 9.17) is 0 Å². The van der Waals surface area contributed by atoms with E-state index in [2.05, 4.69) is 6.58 Å². The lowest BCUT2D eigenvalue weighted by Crippen LogP contribution is -1.72. The minimum Gasteiger partial charge on any atom is -0.102 e. The fourth-order valence-corrected chi connectivity index (χ4v) is 0.700. The zero-order valence-corrected chi connectivity index (χ0v) is 5.25. The van der Waals surface area contributed by atoms with Gasteiger partial charge in [0, 0.05) is 6.42 Å². The third-order valence-corrected chi connectivity index (χ3v) is 1.11. The summed E-state index contributed by atoms with van der Waals surface area (Å²) in [6, 6.07) is 10.1. The van der Waals surface area contributed by atoms with Crippen molar-refractivity contribution in [3.05, 3.63) is 55.0 Å². The molecule has 1 aromatic carbocycles. The maximum atomic E-state index is 3.60. The number of hydrogen-bond donors (Lipinski definition) is 0. The zero-order chi connectivity index (χ0) is 6.53. The van der Waals surface area contributed by atoms with Gasteiger partial charge in [-0.3, -0.25) is 0 Å². The fraction of sp³-hybridized carbons (Fsp3) is 0. The third kappa shape index (κ3) is 1.73. The van der Waals surface area contributed by atoms with Crippen LogP contribution in [0.25, 0.3) is 0 Å². The van der Waals surface area contributed by atoms with Crippen molar-refractivity contribution in [1.29, 1.82) is 0 Å². The van der Waals surface area contributed by atoms with Gasteiger partial charge in [0.25, 0.3) is 0 Å². The standard InChI is InChI=1S/C9H9/c1-2-6-9-7-4-3-5-8-9/h2-8H,1H2. The van der Waals surface area contributed by atoms with Gasteiger partial charge in [0.05, 0.1) is 0 Å². The molecule has 0 saturated heterocycles. The molecule has 0 fully saturated rings. The highest BCUT2D eigenvalue weighted by Crippen LogP contribution is 2.00. The summed E-state index contributed by atoms with van der Waals surface area (Å²) in [5.74, 6) is 0. The first-order valence-corrected chi connectivity index (χ1v) is 2.94. The van der Waals surface area contributed by atoms with E-state index in [-0.39, 0.29) is 0 Å². The van der Waals surface area contributed by atoms with Crippen LogP contribution in [-0.2, 0) is 0 Å². The molecule has 0 aliphatic heterocycles. The Morgan fingerprint density at radius 2 is 1.78 bits per heavy atom. The largest absolute Gasteiger partial charge is 0.102 e. The number of rotatable bonds is 2. The maximum Gasteiger partial charge on any atom is 0.0119 e. The molecule has 0 bridgehead atoms. The summed E-state index contributed by atoms with van der Waals surface area (Å²) < 4.78 is 0. The van der Waals surface area contributed by atoms with Crippen molar-refractivity contribution in [2.45, 2.75) is 0 Å². The quantitative estimate of drug-likeness (QED) is 0.558. The van der Waals surface area contributed by atoms with Gasteiger partial charge in [0.1, 0.15) is 0 Å². The van der Waals surface area contributed by atoms with Gasteiger partial charge in [-0.25, -0.2) is 0 Å². The Labute approximate surface area is 55.8 Å². The Hall–Kier alpha value is -1.04. The average molecular weight is 117 g/mol. The topological polar surface area (TPSA) is 0 Å². The van der Waals surface area contributed by atoms with Gasteiger partial charge in [-0.1, -0.05) is 36.4 Å². The van der Waals surface area contributed by atoms with Crippen molar-refractivity contribution >= 4 is 0 Å². The van der Waals surface area contributed by atoms with E-state index in [1.54, 1.807) is 6.08 Å². The summed E-state index contributed by atoms with van der Waals surface area (Å²) in [4.78, 5) is 0. The lowest BCUT2D eigenvalue weighted by atomic mass is 10.2. The van der Waals surface area contributed by atoms with Gasteiger partial charge in [0.2, 0.25) is 0 Å². The summed E-state index contributed by atoms with van der Waals surface area (Å²) in [5.41, 5.74) is 1.20. The van der Waals surface area contributed by atoms with Gasteiger partial charge in [0.15, 0.2) is 0 Å². The van der Waals surface area contributed by atoms with E-state index in [1.807, 2.05) is 36.8 Å². The molecule has 0 amide bonds. The second kappa shape index (κ2) is 3.08. The Kier molecular flexibility index (Phi) is 2.08. The molecule has 0 atom stereocenters. The molecule has 1 radical (unpaired) electrons. The van der Waals surface area contributed by atoms with E-state index in [0.29, 0.717) is 0 Å². The van der Waals surface area contributed by atoms with Crippen LogP contribution in [0.2, 0.25) is 0 Å². The molecule has 0 nitrogen and oxygen atoms in total. The van der Waals surface area contributed by atoms with Crippen LogP contribution in [0.1, 0.15) is 5.56 Å². The Balaban J connectivity index is 2.72. The second-order valence-corrected chi connectivity index (χ2v) is 1.81. The molecule has 0 aromatic heterocycles. The molecule has 1 aromatic rings. The molecule has 0 spiro atoms. The van der Waals surface area contributed by atoms with Gasteiger partial charge < -0.3 is 0 Å². The summed E-state index contributed by atoms with van der Waals surface area (Å²) in [7, 11) is 0. The van der Waals surface area contributed by atoms with Crippen LogP contribution in [0.5, 0.6) is 0 Å². The first kappa shape index (κ1) is 6.09. The number of benzene rings is 1. The lowest BCUT2D eigenvalue weighted by molar-refractivity contribution is 1.53. The van der Waals surface area contributed by atoms with Crippen molar-refractivity contribution in [2.75, 3.05) is 0 Å². The van der Waals surface area contributed by atoms with Gasteiger partial charge in [-0.15, -0.1) is 6.58 Å². The normalized spacial score (nSPS) is 8.89. The van der Waals surface area contributed by atoms with Crippen LogP contribution in [-0.4, -0.2) is 0 Å². The molecule has 0 unspecified atom stereocenters. The molecule has 45 valence electrons. The van der Waals surface area contributed by atoms with Crippen molar-refractivity contribution in [3.8, 4) is 0 Å². The minimum absolute atomic E-state index is 1.20. The molecular formula is C9H9. The lowest BCUT2D eigenvalue weighted by Gasteiger charge is -1.90. The molecule has 0 saturated carbocycles. The van der Waals surface area contributed by atoms with Crippen molar-refractivity contribution in [1.82, 2.24) is 0 Å². The van der Waals surface area contributed by atoms with Gasteiger partial charge in [-0.05, 0) is 5.56 Å². The molecular weight excluding hydrogens is 108 g/mol. The molecule has 0 aliphatic rings. The van der Waals surface area contributed by atoms with Crippen LogP contribution >= 0.6 is 0 Å². The summed E-state index contributed by atoms with van der Waals surface area (Å²) in [5, 5.41) is 0. The molecule has 0 heteroatoms. The monoisotopic (exact) mass is 117 g/mol. The smallest absolute Gasteiger partial charge is 0.0119 e. The molecule has 0 heterocycles. The van der Waals surface area contributed by atoms with E-state index in [1.165, 1.54) is 5.56 Å². The highest BCUT2D eigenvalue weighted by molar-refractivity contribution is 5.26. The van der Waals surface area contributed by atoms with Crippen LogP contribution in [0.4, 0.5) is 0 Å². The zero-order valence-electron chi connectivity index (χ0n) is 5.25. The minimum atomic E-state index is 1.20. The maximum absolute atomic E-state index is 3.60. The van der Waals surface area contributed by atoms with Crippen LogP contribution in [0.3, 0.4) is 0 Å². The van der Waals surface area contributed by atoms with Crippen LogP contribution in [0, 0.1) is 6.42 Å². The number of hydrogen-bond acceptors (Lipinski definition) is 0. The van der Waals surface area contributed by atoms with Crippen molar-refractivity contribution < 1.29 is 0 Å². The predicted octanol–water partition coefficient (Wildman–Crippen LogP) is 2.42. The fourth-order valence-electron chi connectivity index (χ4n) is 0.700. The van der Waals surface area contributed by atoms with E-state index in [9.17, 15) is 0 Å². The predicted molar refractivity (Wildman–Crippen MR) is 40.0 cm³/mol. The molecule has 1 rings (SSSR count). The second-order valence-electron chi connectivity index (χ2n) is 1.81. The summed E-state index contributed by atoms with van der Waals surface area (Å²) in [6.07, 6.45) is 3.76. The molecule has 9 heavy (non-hydrogen) atoms. The Morgan fingerprint density at radius 1 is 1.11 bits per heavy atom. The van der Waals surface area contributed by atoms with Crippen molar-refractivity contribution in [3.63, 3.8) is 0 Å². The Morgan fingerprint density at radius 3 is 2.33 bits per heavy atom. The van der Waals surface area contributed by atoms with Crippen LogP contribution < -0.4 is 0 Å². The van der Waals surface area contributed by atoms with Gasteiger partial charge in [-0.2, -0.15) is 0 Å². The highest BCUT2D eigenvalue weighted by Gasteiger charge is 1.82. The molecule has 0 aliphatic carbocycles. The summed E-state index contributed by atoms with van der Waals surface area (Å²) in [6.45, 7) is 3.60. The summed E-state index contributed by atoms with van der Waals surface area (Å²) >= 11 is 0. The SMILES string of the molecule is C=C[CH]c1ccccc1. The van der Waals surface area contributed by atoms with Crippen molar-refractivity contribution in [2.24, 2.45) is 0 Å². The molecule has 0 N–H and O–H groups in total. The van der Waals surface area contributed by atoms with Gasteiger partial charge >= 0.3 is 0 Å². The highest BCUT2D eigenvalue weighted by atomic mass is 13.9. The average Bonchev–Trinajstić information content (AvgIpc) is 1.91. The van der Waals surface area contributed by atoms with E-state index >= 15 is 0 Å². The first-order chi connectivity index (χ1) is 4.43. The number of allylic oxidation sites excluding steroid dienone is 1. The van der Waals surface area contributed by atoms with Crippen LogP contribution in [0.15, 0.2) is 43.0 Å². The Bertz CT molecular complexity index is 174. The van der Waals surface area contributed by atoms with E-state index in [0.717, 1.165) is 0 Å². The van der Waals surface area contributed by atoms with E-state index < -0.39 is 0 Å². The first-order valence-electron chi connectivity index (χ1n) is 2.94. The third-order valence-electron chi connectivity index (χ3n) is 1.11.